The van der Waals surface area contributed by atoms with Gasteiger partial charge in [-0.25, -0.2) is 4.99 Å². The van der Waals surface area contributed by atoms with Gasteiger partial charge in [-0.2, -0.15) is 0 Å². The molecule has 1 unspecified atom stereocenters. The fraction of sp³-hybridized carbons (Fsp3) is 0.458. The predicted octanol–water partition coefficient (Wildman–Crippen LogP) is 2.83. The van der Waals surface area contributed by atoms with E-state index in [2.05, 4.69) is 40.7 Å². The molecule has 7 nitrogen and oxygen atoms in total. The van der Waals surface area contributed by atoms with Crippen molar-refractivity contribution in [3.05, 3.63) is 59.7 Å². The molecule has 0 aliphatic carbocycles. The highest BCUT2D eigenvalue weighted by molar-refractivity contribution is 5.79. The number of hydrogen-bond acceptors (Lipinski definition) is 5. The topological polar surface area (TPSA) is 67.4 Å². The van der Waals surface area contributed by atoms with Gasteiger partial charge in [0, 0.05) is 26.2 Å². The number of benzene rings is 2. The standard InChI is InChI=1S/C24H34N4O3/c1-4-25-24(26-17-19-6-5-7-22(16-19)30-3)27-18-23(28-12-14-31-15-13-28)20-8-10-21(29-2)11-9-20/h5-11,16,23H,4,12-15,17-18H2,1-3H3,(H2,25,26,27). The number of rotatable bonds is 9. The van der Waals surface area contributed by atoms with E-state index < -0.39 is 0 Å². The zero-order valence-corrected chi connectivity index (χ0v) is 18.8. The third-order valence-corrected chi connectivity index (χ3v) is 5.35. The van der Waals surface area contributed by atoms with E-state index in [0.29, 0.717) is 6.54 Å². The lowest BCUT2D eigenvalue weighted by Gasteiger charge is -2.35. The number of aliphatic imine (C=N–C) groups is 1. The molecule has 0 bridgehead atoms. The van der Waals surface area contributed by atoms with Crippen LogP contribution in [0.15, 0.2) is 53.5 Å². The van der Waals surface area contributed by atoms with Gasteiger partial charge in [0.2, 0.25) is 0 Å². The summed E-state index contributed by atoms with van der Waals surface area (Å²) in [6.45, 7) is 7.55. The van der Waals surface area contributed by atoms with E-state index in [4.69, 9.17) is 19.2 Å². The molecular weight excluding hydrogens is 392 g/mol. The summed E-state index contributed by atoms with van der Waals surface area (Å²) >= 11 is 0. The van der Waals surface area contributed by atoms with E-state index in [9.17, 15) is 0 Å². The number of guanidine groups is 1. The Labute approximate surface area is 185 Å². The number of methoxy groups -OCH3 is 2. The molecule has 1 heterocycles. The molecule has 0 radical (unpaired) electrons. The zero-order valence-electron chi connectivity index (χ0n) is 18.8. The number of nitrogens with zero attached hydrogens (tertiary/aromatic N) is 2. The Bertz CT molecular complexity index is 820. The molecule has 1 aliphatic rings. The first-order valence-corrected chi connectivity index (χ1v) is 10.8. The third-order valence-electron chi connectivity index (χ3n) is 5.35. The summed E-state index contributed by atoms with van der Waals surface area (Å²) in [4.78, 5) is 7.24. The maximum absolute atomic E-state index is 5.56. The van der Waals surface area contributed by atoms with Crippen LogP contribution in [0, 0.1) is 0 Å². The lowest BCUT2D eigenvalue weighted by molar-refractivity contribution is 0.0170. The smallest absolute Gasteiger partial charge is 0.191 e. The summed E-state index contributed by atoms with van der Waals surface area (Å²) in [5.74, 6) is 2.51. The van der Waals surface area contributed by atoms with Gasteiger partial charge in [0.1, 0.15) is 11.5 Å². The molecule has 168 valence electrons. The van der Waals surface area contributed by atoms with Gasteiger partial charge in [0.05, 0.1) is 40.0 Å². The summed E-state index contributed by atoms with van der Waals surface area (Å²) in [5.41, 5.74) is 2.36. The first-order valence-electron chi connectivity index (χ1n) is 10.8. The van der Waals surface area contributed by atoms with Crippen LogP contribution in [0.25, 0.3) is 0 Å². The Morgan fingerprint density at radius 3 is 2.45 bits per heavy atom. The van der Waals surface area contributed by atoms with Gasteiger partial charge >= 0.3 is 0 Å². The predicted molar refractivity (Wildman–Crippen MR) is 124 cm³/mol. The second-order valence-electron chi connectivity index (χ2n) is 7.36. The minimum atomic E-state index is 0.218. The lowest BCUT2D eigenvalue weighted by Crippen LogP contribution is -2.46. The van der Waals surface area contributed by atoms with E-state index in [-0.39, 0.29) is 6.04 Å². The van der Waals surface area contributed by atoms with E-state index in [1.807, 2.05) is 30.3 Å². The second-order valence-corrected chi connectivity index (χ2v) is 7.36. The maximum atomic E-state index is 5.56. The largest absolute Gasteiger partial charge is 0.497 e. The highest BCUT2D eigenvalue weighted by Gasteiger charge is 2.23. The highest BCUT2D eigenvalue weighted by atomic mass is 16.5. The van der Waals surface area contributed by atoms with Gasteiger partial charge in [0.25, 0.3) is 0 Å². The van der Waals surface area contributed by atoms with Gasteiger partial charge in [-0.05, 0) is 42.3 Å². The van der Waals surface area contributed by atoms with Crippen LogP contribution in [0.5, 0.6) is 11.5 Å². The molecule has 7 heteroatoms. The fourth-order valence-electron chi connectivity index (χ4n) is 3.65. The highest BCUT2D eigenvalue weighted by Crippen LogP contribution is 2.23. The molecule has 1 fully saturated rings. The van der Waals surface area contributed by atoms with Crippen molar-refractivity contribution in [2.45, 2.75) is 19.5 Å². The van der Waals surface area contributed by atoms with Crippen LogP contribution < -0.4 is 20.1 Å². The van der Waals surface area contributed by atoms with Crippen molar-refractivity contribution in [1.82, 2.24) is 15.5 Å². The van der Waals surface area contributed by atoms with Crippen molar-refractivity contribution in [3.8, 4) is 11.5 Å². The molecule has 31 heavy (non-hydrogen) atoms. The zero-order chi connectivity index (χ0) is 21.9. The van der Waals surface area contributed by atoms with Gasteiger partial charge in [-0.1, -0.05) is 24.3 Å². The Hall–Kier alpha value is -2.77. The monoisotopic (exact) mass is 426 g/mol. The number of morpholine rings is 1. The Balaban J connectivity index is 1.71. The molecule has 1 aliphatic heterocycles. The molecule has 0 spiro atoms. The second kappa shape index (κ2) is 12.2. The van der Waals surface area contributed by atoms with Crippen LogP contribution in [0.3, 0.4) is 0 Å². The summed E-state index contributed by atoms with van der Waals surface area (Å²) in [6, 6.07) is 16.5. The van der Waals surface area contributed by atoms with Crippen molar-refractivity contribution in [2.75, 3.05) is 53.6 Å². The molecule has 0 amide bonds. The van der Waals surface area contributed by atoms with Gasteiger partial charge < -0.3 is 24.8 Å². The van der Waals surface area contributed by atoms with Crippen LogP contribution >= 0.6 is 0 Å². The van der Waals surface area contributed by atoms with Crippen LogP contribution in [0.2, 0.25) is 0 Å². The van der Waals surface area contributed by atoms with Gasteiger partial charge in [-0.15, -0.1) is 0 Å². The molecule has 2 N–H and O–H groups in total. The van der Waals surface area contributed by atoms with Crippen molar-refractivity contribution < 1.29 is 14.2 Å². The van der Waals surface area contributed by atoms with Crippen LogP contribution in [0.4, 0.5) is 0 Å². The molecule has 1 saturated heterocycles. The van der Waals surface area contributed by atoms with E-state index in [0.717, 1.165) is 62.4 Å². The minimum Gasteiger partial charge on any atom is -0.497 e. The Kier molecular flexibility index (Phi) is 8.99. The van der Waals surface area contributed by atoms with Crippen molar-refractivity contribution >= 4 is 5.96 Å². The van der Waals surface area contributed by atoms with Crippen molar-refractivity contribution in [3.63, 3.8) is 0 Å². The Morgan fingerprint density at radius 1 is 1.03 bits per heavy atom. The van der Waals surface area contributed by atoms with Gasteiger partial charge in [-0.3, -0.25) is 4.90 Å². The molecule has 2 aromatic carbocycles. The van der Waals surface area contributed by atoms with Crippen molar-refractivity contribution in [2.24, 2.45) is 4.99 Å². The van der Waals surface area contributed by atoms with Crippen LogP contribution in [-0.4, -0.2) is 64.5 Å². The normalized spacial score (nSPS) is 15.9. The van der Waals surface area contributed by atoms with E-state index in [1.54, 1.807) is 14.2 Å². The maximum Gasteiger partial charge on any atom is 0.191 e. The molecule has 0 aromatic heterocycles. The van der Waals surface area contributed by atoms with Crippen LogP contribution in [-0.2, 0) is 11.3 Å². The quantitative estimate of drug-likeness (QED) is 0.475. The van der Waals surface area contributed by atoms with E-state index in [1.165, 1.54) is 5.56 Å². The van der Waals surface area contributed by atoms with Crippen LogP contribution in [0.1, 0.15) is 24.1 Å². The lowest BCUT2D eigenvalue weighted by atomic mass is 10.0. The molecule has 1 atom stereocenters. The first-order chi connectivity index (χ1) is 15.2. The number of nitrogens with one attached hydrogen (secondary N) is 2. The SMILES string of the molecule is CCNC(=NCc1cccc(OC)c1)NCC(c1ccc(OC)cc1)N1CCOCC1. The summed E-state index contributed by atoms with van der Waals surface area (Å²) in [6.07, 6.45) is 0. The van der Waals surface area contributed by atoms with Crippen molar-refractivity contribution in [1.29, 1.82) is 0 Å². The summed E-state index contributed by atoms with van der Waals surface area (Å²) < 4.78 is 16.2. The van der Waals surface area contributed by atoms with E-state index >= 15 is 0 Å². The average Bonchev–Trinajstić information content (AvgIpc) is 2.83. The molecular formula is C24H34N4O3. The summed E-state index contributed by atoms with van der Waals surface area (Å²) in [5, 5.41) is 6.89. The van der Waals surface area contributed by atoms with Gasteiger partial charge in [0.15, 0.2) is 5.96 Å². The fourth-order valence-corrected chi connectivity index (χ4v) is 3.65. The molecule has 3 rings (SSSR count). The number of hydrogen-bond donors (Lipinski definition) is 2. The molecule has 2 aromatic rings. The average molecular weight is 427 g/mol. The third kappa shape index (κ3) is 6.87. The minimum absolute atomic E-state index is 0.218. The molecule has 0 saturated carbocycles. The summed E-state index contributed by atoms with van der Waals surface area (Å²) in [7, 11) is 3.37. The first kappa shape index (κ1) is 22.9. The Morgan fingerprint density at radius 2 is 1.77 bits per heavy atom. The number of ether oxygens (including phenoxy) is 3.